The second-order valence-electron chi connectivity index (χ2n) is 15.5. The van der Waals surface area contributed by atoms with Crippen LogP contribution in [0, 0.1) is 28.6 Å². The fourth-order valence-electron chi connectivity index (χ4n) is 8.76. The Morgan fingerprint density at radius 3 is 2.27 bits per heavy atom. The second kappa shape index (κ2) is 21.9. The fraction of sp³-hybridized carbons (Fsp3) is 0.821. The highest BCUT2D eigenvalue weighted by Gasteiger charge is 2.58. The Morgan fingerprint density at radius 2 is 1.58 bits per heavy atom. The number of halogens is 6. The molecule has 2 saturated carbocycles. The van der Waals surface area contributed by atoms with Crippen LogP contribution in [-0.4, -0.2) is 85.9 Å². The molecule has 0 aliphatic heterocycles. The minimum absolute atomic E-state index is 0.0298. The van der Waals surface area contributed by atoms with Crippen LogP contribution in [0.25, 0.3) is 0 Å². The van der Waals surface area contributed by atoms with Gasteiger partial charge in [-0.1, -0.05) is 34.6 Å². The number of aryl methyl sites for hydroxylation is 1. The molecule has 0 saturated heterocycles. The summed E-state index contributed by atoms with van der Waals surface area (Å²) in [4.78, 5) is 0. The summed E-state index contributed by atoms with van der Waals surface area (Å²) < 4.78 is 107. The first kappa shape index (κ1) is 46.7. The lowest BCUT2D eigenvalue weighted by Crippen LogP contribution is -2.45. The number of ether oxygens (including phenoxy) is 3. The third-order valence-electron chi connectivity index (χ3n) is 11.1. The van der Waals surface area contributed by atoms with Crippen LogP contribution in [0.3, 0.4) is 0 Å². The summed E-state index contributed by atoms with van der Waals surface area (Å²) in [5.74, 6) is 4.27. The standard InChI is InChI=1S/C39H59F6N2O5PS2/c1-27(2)47(28(3)4)53(52-22-8-18-46)51-21-6-7-24-54-55-25-23-48-30-11-13-31-29(26-30)10-12-33-32(31)16-17-37(5)34(33)14-15-35(37)49-19-9-20-50-36(38(40,41)42)39(43,44)45/h11,13,26-28,32-36H,6-10,12,14-17,19-25H2,1-5H3/t32-,33-,34+,35+,37+,53?/m1/s1. The van der Waals surface area contributed by atoms with E-state index in [-0.39, 0.29) is 36.6 Å². The van der Waals surface area contributed by atoms with Gasteiger partial charge in [0, 0.05) is 36.8 Å². The van der Waals surface area contributed by atoms with Crippen LogP contribution >= 0.6 is 30.1 Å². The average molecular weight is 845 g/mol. The van der Waals surface area contributed by atoms with Gasteiger partial charge < -0.3 is 23.3 Å². The van der Waals surface area contributed by atoms with E-state index >= 15 is 0 Å². The highest BCUT2D eigenvalue weighted by molar-refractivity contribution is 8.76. The zero-order valence-corrected chi connectivity index (χ0v) is 35.3. The molecule has 0 bridgehead atoms. The van der Waals surface area contributed by atoms with Crippen molar-refractivity contribution in [3.05, 3.63) is 29.3 Å². The molecule has 0 heterocycles. The maximum absolute atomic E-state index is 12.8. The molecule has 3 aliphatic carbocycles. The molecule has 0 N–H and O–H groups in total. The summed E-state index contributed by atoms with van der Waals surface area (Å²) in [7, 11) is 2.48. The Balaban J connectivity index is 1.13. The SMILES string of the molecule is CC(C)N(C(C)C)P(OCCC#N)OCCCCSSCCOc1ccc2c(c1)CC[C@@H]1[C@@H]2CC[C@]2(C)[C@@H](OCCCOC(C(F)(F)F)C(F)(F)F)CC[C@@H]12. The lowest BCUT2D eigenvalue weighted by atomic mass is 9.55. The van der Waals surface area contributed by atoms with Crippen LogP contribution in [-0.2, 0) is 24.9 Å². The molecule has 3 aliphatic rings. The van der Waals surface area contributed by atoms with E-state index in [1.54, 1.807) is 0 Å². The zero-order chi connectivity index (χ0) is 40.2. The van der Waals surface area contributed by atoms with Crippen molar-refractivity contribution in [1.29, 1.82) is 5.26 Å². The molecular weight excluding hydrogens is 786 g/mol. The summed E-state index contributed by atoms with van der Waals surface area (Å²) in [6, 6.07) is 9.25. The third kappa shape index (κ3) is 13.3. The second-order valence-corrected chi connectivity index (χ2v) is 19.7. The maximum atomic E-state index is 12.8. The number of rotatable bonds is 23. The molecule has 1 aromatic rings. The first-order chi connectivity index (χ1) is 26.1. The molecule has 1 unspecified atom stereocenters. The molecule has 314 valence electrons. The molecule has 0 radical (unpaired) electrons. The topological polar surface area (TPSA) is 73.2 Å². The minimum Gasteiger partial charge on any atom is -0.493 e. The number of unbranched alkanes of at least 4 members (excludes halogenated alkanes) is 1. The predicted octanol–water partition coefficient (Wildman–Crippen LogP) is 11.7. The molecule has 16 heteroatoms. The van der Waals surface area contributed by atoms with Crippen molar-refractivity contribution in [1.82, 2.24) is 4.67 Å². The van der Waals surface area contributed by atoms with Crippen molar-refractivity contribution >= 4 is 30.1 Å². The number of benzene rings is 1. The molecule has 0 amide bonds. The van der Waals surface area contributed by atoms with E-state index in [0.717, 1.165) is 68.6 Å². The summed E-state index contributed by atoms with van der Waals surface area (Å²) in [5, 5.41) is 8.89. The van der Waals surface area contributed by atoms with E-state index in [1.165, 1.54) is 11.1 Å². The van der Waals surface area contributed by atoms with Crippen LogP contribution in [0.4, 0.5) is 26.3 Å². The van der Waals surface area contributed by atoms with Gasteiger partial charge in [-0.2, -0.15) is 31.6 Å². The summed E-state index contributed by atoms with van der Waals surface area (Å²) in [6.45, 7) is 11.8. The van der Waals surface area contributed by atoms with Gasteiger partial charge in [-0.3, -0.25) is 0 Å². The number of alkyl halides is 6. The molecule has 55 heavy (non-hydrogen) atoms. The number of hydrogen-bond acceptors (Lipinski definition) is 9. The number of nitrogens with zero attached hydrogens (tertiary/aromatic N) is 2. The summed E-state index contributed by atoms with van der Waals surface area (Å²) >= 11 is 0. The number of hydrogen-bond donors (Lipinski definition) is 0. The summed E-state index contributed by atoms with van der Waals surface area (Å²) in [6.07, 6.45) is -6.59. The van der Waals surface area contributed by atoms with Crippen LogP contribution in [0.1, 0.15) is 109 Å². The summed E-state index contributed by atoms with van der Waals surface area (Å²) in [5.41, 5.74) is 2.71. The fourth-order valence-corrected chi connectivity index (χ4v) is 12.4. The predicted molar refractivity (Wildman–Crippen MR) is 208 cm³/mol. The van der Waals surface area contributed by atoms with Gasteiger partial charge in [0.1, 0.15) is 5.75 Å². The van der Waals surface area contributed by atoms with E-state index in [1.807, 2.05) is 21.6 Å². The zero-order valence-electron chi connectivity index (χ0n) is 32.8. The largest absolute Gasteiger partial charge is 0.493 e. The monoisotopic (exact) mass is 844 g/mol. The molecular formula is C39H59F6N2O5PS2. The molecule has 1 aromatic carbocycles. The van der Waals surface area contributed by atoms with Crippen LogP contribution in [0.2, 0.25) is 0 Å². The minimum atomic E-state index is -5.50. The smallest absolute Gasteiger partial charge is 0.423 e. The van der Waals surface area contributed by atoms with Crippen molar-refractivity contribution in [3.8, 4) is 11.8 Å². The first-order valence-electron chi connectivity index (χ1n) is 19.7. The van der Waals surface area contributed by atoms with E-state index in [4.69, 9.17) is 23.8 Å². The Bertz CT molecular complexity index is 1330. The van der Waals surface area contributed by atoms with Gasteiger partial charge in [0.05, 0.1) is 38.4 Å². The molecule has 0 aromatic heterocycles. The lowest BCUT2D eigenvalue weighted by molar-refractivity contribution is -0.322. The third-order valence-corrected chi connectivity index (χ3v) is 15.7. The molecule has 0 spiro atoms. The first-order valence-corrected chi connectivity index (χ1v) is 23.3. The molecule has 7 nitrogen and oxygen atoms in total. The van der Waals surface area contributed by atoms with E-state index < -0.39 is 33.6 Å². The molecule has 2 fully saturated rings. The van der Waals surface area contributed by atoms with Gasteiger partial charge in [0.2, 0.25) is 6.10 Å². The maximum Gasteiger partial charge on any atom is 0.423 e. The Hall–Kier alpha value is -0.980. The van der Waals surface area contributed by atoms with Crippen LogP contribution < -0.4 is 4.74 Å². The number of fused-ring (bicyclic) bond motifs is 5. The molecule has 4 rings (SSSR count). The number of nitriles is 1. The van der Waals surface area contributed by atoms with Crippen molar-refractivity contribution in [2.75, 3.05) is 44.5 Å². The van der Waals surface area contributed by atoms with Gasteiger partial charge >= 0.3 is 12.4 Å². The van der Waals surface area contributed by atoms with Crippen LogP contribution in [0.15, 0.2) is 18.2 Å². The van der Waals surface area contributed by atoms with E-state index in [0.29, 0.717) is 44.0 Å². The van der Waals surface area contributed by atoms with Gasteiger partial charge in [0.15, 0.2) is 0 Å². The van der Waals surface area contributed by atoms with E-state index in [9.17, 15) is 26.3 Å². The highest BCUT2D eigenvalue weighted by atomic mass is 33.1. The van der Waals surface area contributed by atoms with Gasteiger partial charge in [-0.25, -0.2) is 4.67 Å². The van der Waals surface area contributed by atoms with E-state index in [2.05, 4.69) is 68.3 Å². The van der Waals surface area contributed by atoms with Crippen molar-refractivity contribution in [3.63, 3.8) is 0 Å². The van der Waals surface area contributed by atoms with Crippen LogP contribution in [0.5, 0.6) is 5.75 Å². The van der Waals surface area contributed by atoms with Gasteiger partial charge in [0.25, 0.3) is 8.53 Å². The van der Waals surface area contributed by atoms with Crippen molar-refractivity contribution in [2.45, 2.75) is 141 Å². The molecule has 6 atom stereocenters. The lowest BCUT2D eigenvalue weighted by Gasteiger charge is -2.50. The normalized spacial score (nSPS) is 24.6. The van der Waals surface area contributed by atoms with Crippen molar-refractivity contribution < 1.29 is 49.6 Å². The highest BCUT2D eigenvalue weighted by Crippen LogP contribution is 2.61. The van der Waals surface area contributed by atoms with Crippen molar-refractivity contribution in [2.24, 2.45) is 17.3 Å². The Kier molecular flexibility index (Phi) is 18.6. The van der Waals surface area contributed by atoms with Gasteiger partial charge in [-0.05, 0) is 132 Å². The average Bonchev–Trinajstić information content (AvgIpc) is 3.44. The Labute approximate surface area is 333 Å². The Morgan fingerprint density at radius 1 is 0.873 bits per heavy atom. The quantitative estimate of drug-likeness (QED) is 0.0463. The van der Waals surface area contributed by atoms with Gasteiger partial charge in [-0.15, -0.1) is 0 Å².